The maximum absolute atomic E-state index is 12.8. The van der Waals surface area contributed by atoms with E-state index < -0.39 is 6.10 Å². The van der Waals surface area contributed by atoms with Crippen LogP contribution in [0.25, 0.3) is 0 Å². The minimum Gasteiger partial charge on any atom is -0.485 e. The van der Waals surface area contributed by atoms with Crippen molar-refractivity contribution in [3.05, 3.63) is 24.3 Å². The van der Waals surface area contributed by atoms with Gasteiger partial charge in [-0.05, 0) is 31.9 Å². The number of para-hydroxylation sites is 2. The zero-order valence-corrected chi connectivity index (χ0v) is 17.3. The van der Waals surface area contributed by atoms with E-state index in [-0.39, 0.29) is 49.0 Å². The minimum atomic E-state index is -0.620. The summed E-state index contributed by atoms with van der Waals surface area (Å²) in [6, 6.07) is 7.12. The van der Waals surface area contributed by atoms with Gasteiger partial charge in [-0.3, -0.25) is 9.59 Å². The molecule has 0 aromatic heterocycles. The smallest absolute Gasteiger partial charge is 0.267 e. The molecule has 1 unspecified atom stereocenters. The van der Waals surface area contributed by atoms with Crippen LogP contribution in [0, 0.1) is 0 Å². The van der Waals surface area contributed by atoms with Gasteiger partial charge in [0.2, 0.25) is 12.0 Å². The summed E-state index contributed by atoms with van der Waals surface area (Å²) in [7, 11) is 0. The van der Waals surface area contributed by atoms with Gasteiger partial charge < -0.3 is 29.7 Å². The Kier molecular flexibility index (Phi) is 7.21. The fraction of sp³-hybridized carbons (Fsp3) is 0.600. The predicted octanol–water partition coefficient (Wildman–Crippen LogP) is 0.732. The summed E-state index contributed by atoms with van der Waals surface area (Å²) in [6.07, 6.45) is 0.694. The van der Waals surface area contributed by atoms with Crippen LogP contribution in [0.5, 0.6) is 11.5 Å². The van der Waals surface area contributed by atoms with E-state index in [1.54, 1.807) is 11.0 Å². The molecule has 0 saturated carbocycles. The first-order chi connectivity index (χ1) is 13.6. The van der Waals surface area contributed by atoms with Crippen molar-refractivity contribution < 1.29 is 23.8 Å². The molecular weight excluding hydrogens is 398 g/mol. The number of rotatable bonds is 3. The van der Waals surface area contributed by atoms with E-state index in [0.717, 1.165) is 12.8 Å². The van der Waals surface area contributed by atoms with E-state index >= 15 is 0 Å². The second kappa shape index (κ2) is 9.65. The summed E-state index contributed by atoms with van der Waals surface area (Å²) >= 11 is 0. The van der Waals surface area contributed by atoms with Crippen molar-refractivity contribution in [1.82, 2.24) is 15.5 Å². The molecule has 0 spiro atoms. The van der Waals surface area contributed by atoms with Gasteiger partial charge in [0.25, 0.3) is 5.91 Å². The number of piperidine rings is 1. The lowest BCUT2D eigenvalue weighted by molar-refractivity contribution is -0.142. The molecule has 9 heteroatoms. The molecule has 3 aliphatic rings. The van der Waals surface area contributed by atoms with Crippen molar-refractivity contribution in [3.8, 4) is 11.5 Å². The van der Waals surface area contributed by atoms with Crippen LogP contribution in [-0.4, -0.2) is 73.9 Å². The highest BCUT2D eigenvalue weighted by Gasteiger charge is 2.34. The van der Waals surface area contributed by atoms with Gasteiger partial charge in [0.15, 0.2) is 11.5 Å². The van der Waals surface area contributed by atoms with Crippen LogP contribution in [0.15, 0.2) is 24.3 Å². The van der Waals surface area contributed by atoms with Gasteiger partial charge in [0.05, 0.1) is 12.7 Å². The third-order valence-electron chi connectivity index (χ3n) is 5.54. The van der Waals surface area contributed by atoms with Gasteiger partial charge >= 0.3 is 0 Å². The monoisotopic (exact) mass is 425 g/mol. The number of morpholine rings is 1. The molecule has 1 aromatic carbocycles. The van der Waals surface area contributed by atoms with Gasteiger partial charge in [0, 0.05) is 25.7 Å². The first-order valence-corrected chi connectivity index (χ1v) is 9.94. The molecular formula is C20H28ClN3O5. The lowest BCUT2D eigenvalue weighted by atomic mass is 10.0. The van der Waals surface area contributed by atoms with Crippen molar-refractivity contribution in [1.29, 1.82) is 0 Å². The second-order valence-electron chi connectivity index (χ2n) is 7.48. The van der Waals surface area contributed by atoms with E-state index in [1.165, 1.54) is 0 Å². The number of carbonyl (C=O) groups excluding carboxylic acids is 2. The molecule has 3 aliphatic heterocycles. The first kappa shape index (κ1) is 21.7. The van der Waals surface area contributed by atoms with Gasteiger partial charge in [-0.15, -0.1) is 12.4 Å². The number of nitrogens with one attached hydrogen (secondary N) is 2. The van der Waals surface area contributed by atoms with E-state index in [0.29, 0.717) is 37.7 Å². The van der Waals surface area contributed by atoms with Crippen molar-refractivity contribution in [2.24, 2.45) is 0 Å². The Labute approximate surface area is 176 Å². The maximum Gasteiger partial charge on any atom is 0.267 e. The standard InChI is InChI=1S/C20H27N3O5.ClH/c1-13-18(21-8-11-26-13)19(24)22-14-6-9-23(10-7-14)20(25)17-12-27-15-4-2-3-5-16(15)28-17;/h2-5,13-14,17-18,21H,6-12H2,1H3,(H,22,24);1H/t13-,17?,18+;/m1./s1. The lowest BCUT2D eigenvalue weighted by Crippen LogP contribution is -2.58. The highest BCUT2D eigenvalue weighted by Crippen LogP contribution is 2.31. The Hall–Kier alpha value is -2.03. The summed E-state index contributed by atoms with van der Waals surface area (Å²) in [6.45, 7) is 4.62. The number of nitrogens with zero attached hydrogens (tertiary/aromatic N) is 1. The normalized spacial score (nSPS) is 26.9. The van der Waals surface area contributed by atoms with Gasteiger partial charge in [0.1, 0.15) is 12.6 Å². The molecule has 2 fully saturated rings. The fourth-order valence-electron chi connectivity index (χ4n) is 3.91. The van der Waals surface area contributed by atoms with Crippen molar-refractivity contribution in [2.45, 2.75) is 44.1 Å². The Balaban J connectivity index is 0.00000240. The molecule has 3 atom stereocenters. The van der Waals surface area contributed by atoms with E-state index in [4.69, 9.17) is 14.2 Å². The number of carbonyl (C=O) groups is 2. The highest BCUT2D eigenvalue weighted by atomic mass is 35.5. The zero-order valence-electron chi connectivity index (χ0n) is 16.5. The Morgan fingerprint density at radius 3 is 2.62 bits per heavy atom. The molecule has 0 radical (unpaired) electrons. The molecule has 4 rings (SSSR count). The molecule has 29 heavy (non-hydrogen) atoms. The predicted molar refractivity (Wildman–Crippen MR) is 109 cm³/mol. The molecule has 2 amide bonds. The molecule has 2 N–H and O–H groups in total. The van der Waals surface area contributed by atoms with Crippen molar-refractivity contribution >= 4 is 24.2 Å². The van der Waals surface area contributed by atoms with Gasteiger partial charge in [-0.1, -0.05) is 12.1 Å². The third-order valence-corrected chi connectivity index (χ3v) is 5.54. The maximum atomic E-state index is 12.8. The quantitative estimate of drug-likeness (QED) is 0.742. The van der Waals surface area contributed by atoms with Crippen molar-refractivity contribution in [3.63, 3.8) is 0 Å². The van der Waals surface area contributed by atoms with Crippen LogP contribution >= 0.6 is 12.4 Å². The number of hydrogen-bond acceptors (Lipinski definition) is 6. The average Bonchev–Trinajstić information content (AvgIpc) is 2.73. The minimum absolute atomic E-state index is 0. The Morgan fingerprint density at radius 2 is 1.90 bits per heavy atom. The van der Waals surface area contributed by atoms with Gasteiger partial charge in [-0.25, -0.2) is 0 Å². The van der Waals surface area contributed by atoms with Crippen LogP contribution in [0.1, 0.15) is 19.8 Å². The molecule has 8 nitrogen and oxygen atoms in total. The van der Waals surface area contributed by atoms with Crippen LogP contribution in [0.3, 0.4) is 0 Å². The molecule has 2 saturated heterocycles. The topological polar surface area (TPSA) is 89.1 Å². The summed E-state index contributed by atoms with van der Waals surface area (Å²) in [5.74, 6) is 1.18. The van der Waals surface area contributed by atoms with E-state index in [2.05, 4.69) is 10.6 Å². The van der Waals surface area contributed by atoms with Crippen LogP contribution in [0.4, 0.5) is 0 Å². The lowest BCUT2D eigenvalue weighted by Gasteiger charge is -2.36. The summed E-state index contributed by atoms with van der Waals surface area (Å²) < 4.78 is 17.0. The highest BCUT2D eigenvalue weighted by molar-refractivity contribution is 5.85. The van der Waals surface area contributed by atoms with E-state index in [9.17, 15) is 9.59 Å². The number of benzene rings is 1. The molecule has 1 aromatic rings. The molecule has 0 bridgehead atoms. The van der Waals surface area contributed by atoms with Gasteiger partial charge in [-0.2, -0.15) is 0 Å². The number of halogens is 1. The zero-order chi connectivity index (χ0) is 19.5. The average molecular weight is 426 g/mol. The van der Waals surface area contributed by atoms with Crippen molar-refractivity contribution in [2.75, 3.05) is 32.8 Å². The number of likely N-dealkylation sites (tertiary alicyclic amines) is 1. The van der Waals surface area contributed by atoms with E-state index in [1.807, 2.05) is 25.1 Å². The number of ether oxygens (including phenoxy) is 3. The van der Waals surface area contributed by atoms with Crippen LogP contribution < -0.4 is 20.1 Å². The Bertz CT molecular complexity index is 726. The number of hydrogen-bond donors (Lipinski definition) is 2. The van der Waals surface area contributed by atoms with Crippen LogP contribution in [-0.2, 0) is 14.3 Å². The largest absolute Gasteiger partial charge is 0.485 e. The second-order valence-corrected chi connectivity index (χ2v) is 7.48. The third kappa shape index (κ3) is 4.94. The number of fused-ring (bicyclic) bond motifs is 1. The summed E-state index contributed by atoms with van der Waals surface area (Å²) in [5, 5.41) is 6.30. The van der Waals surface area contributed by atoms with Crippen LogP contribution in [0.2, 0.25) is 0 Å². The fourth-order valence-corrected chi connectivity index (χ4v) is 3.91. The summed E-state index contributed by atoms with van der Waals surface area (Å²) in [4.78, 5) is 27.1. The molecule has 160 valence electrons. The SMILES string of the molecule is C[C@H]1OCCN[C@@H]1C(=O)NC1CCN(C(=O)C2COc3ccccc3O2)CC1.Cl. The molecule has 0 aliphatic carbocycles. The molecule has 3 heterocycles. The Morgan fingerprint density at radius 1 is 1.17 bits per heavy atom. The first-order valence-electron chi connectivity index (χ1n) is 9.94. The number of amides is 2. The summed E-state index contributed by atoms with van der Waals surface area (Å²) in [5.41, 5.74) is 0.